The van der Waals surface area contributed by atoms with Gasteiger partial charge in [0.2, 0.25) is 11.7 Å². The fourth-order valence-corrected chi connectivity index (χ4v) is 2.66. The van der Waals surface area contributed by atoms with Gasteiger partial charge in [-0.1, -0.05) is 42.8 Å². The molecule has 0 aliphatic carbocycles. The van der Waals surface area contributed by atoms with Crippen molar-refractivity contribution < 1.29 is 9.18 Å². The molecule has 2 aromatic carbocycles. The average molecular weight is 374 g/mol. The molecule has 134 valence electrons. The molecular weight excluding hydrogens is 357 g/mol. The number of hydrogen-bond donors (Lipinski definition) is 1. The Labute approximate surface area is 155 Å². The molecule has 26 heavy (non-hydrogen) atoms. The minimum absolute atomic E-state index is 0.0770. The van der Waals surface area contributed by atoms with Crippen LogP contribution < -0.4 is 5.32 Å². The second kappa shape index (κ2) is 8.05. The molecule has 0 aliphatic heterocycles. The quantitative estimate of drug-likeness (QED) is 0.718. The van der Waals surface area contributed by atoms with Crippen LogP contribution in [0.15, 0.2) is 48.5 Å². The molecule has 1 aromatic heterocycles. The maximum atomic E-state index is 13.3. The molecule has 3 aromatic rings. The number of tetrazole rings is 1. The number of benzene rings is 2. The van der Waals surface area contributed by atoms with E-state index in [0.717, 1.165) is 12.0 Å². The molecule has 0 radical (unpaired) electrons. The van der Waals surface area contributed by atoms with Crippen LogP contribution >= 0.6 is 11.6 Å². The van der Waals surface area contributed by atoms with Gasteiger partial charge in [0.1, 0.15) is 12.4 Å². The van der Waals surface area contributed by atoms with Gasteiger partial charge in [-0.15, -0.1) is 10.2 Å². The summed E-state index contributed by atoms with van der Waals surface area (Å²) in [4.78, 5) is 13.5. The lowest BCUT2D eigenvalue weighted by molar-refractivity contribution is -0.122. The van der Waals surface area contributed by atoms with Gasteiger partial charge in [0.25, 0.3) is 0 Å². The lowest BCUT2D eigenvalue weighted by Crippen LogP contribution is -2.32. The van der Waals surface area contributed by atoms with Gasteiger partial charge in [0.05, 0.1) is 6.04 Å². The third-order valence-corrected chi connectivity index (χ3v) is 4.09. The van der Waals surface area contributed by atoms with E-state index < -0.39 is 0 Å². The van der Waals surface area contributed by atoms with Gasteiger partial charge >= 0.3 is 0 Å². The van der Waals surface area contributed by atoms with E-state index in [2.05, 4.69) is 20.7 Å². The highest BCUT2D eigenvalue weighted by Crippen LogP contribution is 2.19. The summed E-state index contributed by atoms with van der Waals surface area (Å²) in [5, 5.41) is 15.4. The van der Waals surface area contributed by atoms with Crippen LogP contribution in [0.4, 0.5) is 4.39 Å². The molecule has 1 N–H and O–H groups in total. The van der Waals surface area contributed by atoms with Crippen molar-refractivity contribution in [2.45, 2.75) is 25.9 Å². The number of rotatable bonds is 6. The number of nitrogens with one attached hydrogen (secondary N) is 1. The summed E-state index contributed by atoms with van der Waals surface area (Å²) < 4.78 is 13.3. The molecule has 0 saturated heterocycles. The standard InChI is InChI=1S/C18H17ClFN5O/c1-2-16(12-6-8-14(19)9-7-12)21-17(26)11-25-23-18(22-24-25)13-4-3-5-15(20)10-13/h3-10,16H,2,11H2,1H3,(H,21,26). The first-order valence-electron chi connectivity index (χ1n) is 8.13. The monoisotopic (exact) mass is 373 g/mol. The molecule has 0 spiro atoms. The molecule has 1 unspecified atom stereocenters. The number of halogens is 2. The van der Waals surface area contributed by atoms with E-state index >= 15 is 0 Å². The summed E-state index contributed by atoms with van der Waals surface area (Å²) >= 11 is 5.90. The molecule has 0 saturated carbocycles. The number of amides is 1. The largest absolute Gasteiger partial charge is 0.348 e. The van der Waals surface area contributed by atoms with Crippen molar-refractivity contribution >= 4 is 17.5 Å². The number of nitrogens with zero attached hydrogens (tertiary/aromatic N) is 4. The zero-order valence-electron chi connectivity index (χ0n) is 14.1. The summed E-state index contributed by atoms with van der Waals surface area (Å²) in [5.74, 6) is -0.359. The fourth-order valence-electron chi connectivity index (χ4n) is 2.54. The molecule has 3 rings (SSSR count). The molecule has 1 heterocycles. The zero-order valence-corrected chi connectivity index (χ0v) is 14.8. The normalized spacial score (nSPS) is 12.0. The molecule has 1 amide bonds. The highest BCUT2D eigenvalue weighted by Gasteiger charge is 2.15. The van der Waals surface area contributed by atoms with Gasteiger partial charge in [-0.2, -0.15) is 4.80 Å². The van der Waals surface area contributed by atoms with E-state index in [9.17, 15) is 9.18 Å². The summed E-state index contributed by atoms with van der Waals surface area (Å²) in [6, 6.07) is 13.1. The van der Waals surface area contributed by atoms with Crippen molar-refractivity contribution in [2.75, 3.05) is 0 Å². The van der Waals surface area contributed by atoms with Gasteiger partial charge < -0.3 is 5.32 Å². The Morgan fingerprint density at radius 2 is 2.04 bits per heavy atom. The molecule has 6 nitrogen and oxygen atoms in total. The first-order chi connectivity index (χ1) is 12.5. The molecule has 0 fully saturated rings. The van der Waals surface area contributed by atoms with E-state index in [1.165, 1.54) is 16.9 Å². The number of hydrogen-bond acceptors (Lipinski definition) is 4. The van der Waals surface area contributed by atoms with Crippen LogP contribution in [-0.4, -0.2) is 26.1 Å². The predicted octanol–water partition coefficient (Wildman–Crippen LogP) is 3.40. The molecule has 1 atom stereocenters. The summed E-state index contributed by atoms with van der Waals surface area (Å²) in [7, 11) is 0. The molecule has 0 bridgehead atoms. The van der Waals surface area contributed by atoms with Gasteiger partial charge in [0, 0.05) is 10.6 Å². The van der Waals surface area contributed by atoms with Gasteiger partial charge in [0.15, 0.2) is 0 Å². The van der Waals surface area contributed by atoms with Crippen LogP contribution in [0.2, 0.25) is 5.02 Å². The summed E-state index contributed by atoms with van der Waals surface area (Å²) in [6.07, 6.45) is 0.729. The smallest absolute Gasteiger partial charge is 0.244 e. The third kappa shape index (κ3) is 4.43. The Bertz CT molecular complexity index is 897. The average Bonchev–Trinajstić information content (AvgIpc) is 3.09. The van der Waals surface area contributed by atoms with Gasteiger partial charge in [-0.3, -0.25) is 4.79 Å². The van der Waals surface area contributed by atoms with E-state index in [-0.39, 0.29) is 30.1 Å². The zero-order chi connectivity index (χ0) is 18.5. The Morgan fingerprint density at radius 1 is 1.27 bits per heavy atom. The lowest BCUT2D eigenvalue weighted by atomic mass is 10.0. The Hall–Kier alpha value is -2.80. The first-order valence-corrected chi connectivity index (χ1v) is 8.51. The number of carbonyl (C=O) groups excluding carboxylic acids is 1. The van der Waals surface area contributed by atoms with Crippen LogP contribution in [0, 0.1) is 5.82 Å². The van der Waals surface area contributed by atoms with E-state index in [0.29, 0.717) is 10.6 Å². The van der Waals surface area contributed by atoms with Crippen molar-refractivity contribution in [3.8, 4) is 11.4 Å². The van der Waals surface area contributed by atoms with Crippen LogP contribution in [0.1, 0.15) is 24.9 Å². The second-order valence-electron chi connectivity index (χ2n) is 5.73. The molecule has 0 aliphatic rings. The number of aromatic nitrogens is 4. The van der Waals surface area contributed by atoms with Crippen molar-refractivity contribution in [1.29, 1.82) is 0 Å². The van der Waals surface area contributed by atoms with Gasteiger partial charge in [-0.05, 0) is 41.5 Å². The fraction of sp³-hybridized carbons (Fsp3) is 0.222. The maximum Gasteiger partial charge on any atom is 0.244 e. The van der Waals surface area contributed by atoms with Crippen LogP contribution in [0.25, 0.3) is 11.4 Å². The lowest BCUT2D eigenvalue weighted by Gasteiger charge is -2.17. The Morgan fingerprint density at radius 3 is 2.73 bits per heavy atom. The predicted molar refractivity (Wildman–Crippen MR) is 95.8 cm³/mol. The van der Waals surface area contributed by atoms with E-state index in [1.807, 2.05) is 19.1 Å². The number of carbonyl (C=O) groups is 1. The Kier molecular flexibility index (Phi) is 5.58. The van der Waals surface area contributed by atoms with Crippen LogP contribution in [0.3, 0.4) is 0 Å². The van der Waals surface area contributed by atoms with Crippen LogP contribution in [0.5, 0.6) is 0 Å². The van der Waals surface area contributed by atoms with Crippen molar-refractivity contribution in [2.24, 2.45) is 0 Å². The highest BCUT2D eigenvalue weighted by atomic mass is 35.5. The SMILES string of the molecule is CCC(NC(=O)Cn1nnc(-c2cccc(F)c2)n1)c1ccc(Cl)cc1. The van der Waals surface area contributed by atoms with Crippen molar-refractivity contribution in [3.63, 3.8) is 0 Å². The molecular formula is C18H17ClFN5O. The molecule has 8 heteroatoms. The topological polar surface area (TPSA) is 72.7 Å². The van der Waals surface area contributed by atoms with Gasteiger partial charge in [-0.25, -0.2) is 4.39 Å². The minimum atomic E-state index is -0.384. The summed E-state index contributed by atoms with van der Waals surface area (Å²) in [6.45, 7) is 1.90. The van der Waals surface area contributed by atoms with E-state index in [1.54, 1.807) is 24.3 Å². The third-order valence-electron chi connectivity index (χ3n) is 3.84. The van der Waals surface area contributed by atoms with E-state index in [4.69, 9.17) is 11.6 Å². The summed E-state index contributed by atoms with van der Waals surface area (Å²) in [5.41, 5.74) is 1.47. The maximum absolute atomic E-state index is 13.3. The van der Waals surface area contributed by atoms with Crippen LogP contribution in [-0.2, 0) is 11.3 Å². The Balaban J connectivity index is 1.65. The second-order valence-corrected chi connectivity index (χ2v) is 6.17. The van der Waals surface area contributed by atoms with Crippen molar-refractivity contribution in [3.05, 3.63) is 64.9 Å². The first kappa shape index (κ1) is 18.0. The van der Waals surface area contributed by atoms with Crippen molar-refractivity contribution in [1.82, 2.24) is 25.5 Å². The minimum Gasteiger partial charge on any atom is -0.348 e. The highest BCUT2D eigenvalue weighted by molar-refractivity contribution is 6.30.